The SMILES string of the molecule is CCC1=C(c2ccccc2CC)C=CCO1. The normalized spacial score (nSPS) is 15.1. The van der Waals surface area contributed by atoms with Crippen molar-refractivity contribution in [1.82, 2.24) is 0 Å². The molecule has 0 bridgehead atoms. The van der Waals surface area contributed by atoms with Crippen molar-refractivity contribution in [2.24, 2.45) is 0 Å². The smallest absolute Gasteiger partial charge is 0.106 e. The lowest BCUT2D eigenvalue weighted by Crippen LogP contribution is -2.02. The first-order valence-corrected chi connectivity index (χ1v) is 5.97. The molecule has 0 aliphatic carbocycles. The van der Waals surface area contributed by atoms with Gasteiger partial charge < -0.3 is 4.74 Å². The first-order chi connectivity index (χ1) is 7.86. The number of ether oxygens (including phenoxy) is 1. The van der Waals surface area contributed by atoms with Gasteiger partial charge in [-0.2, -0.15) is 0 Å². The van der Waals surface area contributed by atoms with Crippen LogP contribution in [0.2, 0.25) is 0 Å². The zero-order valence-corrected chi connectivity index (χ0v) is 9.99. The van der Waals surface area contributed by atoms with Crippen molar-refractivity contribution in [1.29, 1.82) is 0 Å². The molecule has 1 nitrogen and oxygen atoms in total. The molecule has 84 valence electrons. The standard InChI is InChI=1S/C15H18O/c1-3-12-8-5-6-9-13(12)14-10-7-11-16-15(14)4-2/h5-10H,3-4,11H2,1-2H3. The van der Waals surface area contributed by atoms with Crippen molar-refractivity contribution in [3.8, 4) is 0 Å². The fraction of sp³-hybridized carbons (Fsp3) is 0.333. The average molecular weight is 214 g/mol. The Hall–Kier alpha value is -1.50. The molecule has 0 unspecified atom stereocenters. The van der Waals surface area contributed by atoms with Crippen molar-refractivity contribution in [2.45, 2.75) is 26.7 Å². The fourth-order valence-corrected chi connectivity index (χ4v) is 2.11. The molecule has 0 N–H and O–H groups in total. The van der Waals surface area contributed by atoms with Gasteiger partial charge in [0.05, 0.1) is 0 Å². The maximum absolute atomic E-state index is 5.69. The van der Waals surface area contributed by atoms with Gasteiger partial charge in [0.25, 0.3) is 0 Å². The minimum atomic E-state index is 0.709. The topological polar surface area (TPSA) is 9.23 Å². The van der Waals surface area contributed by atoms with Crippen LogP contribution < -0.4 is 0 Å². The summed E-state index contributed by atoms with van der Waals surface area (Å²) in [5.74, 6) is 1.11. The number of hydrogen-bond acceptors (Lipinski definition) is 1. The summed E-state index contributed by atoms with van der Waals surface area (Å²) in [6, 6.07) is 8.57. The number of allylic oxidation sites excluding steroid dienone is 3. The Labute approximate surface area is 97.4 Å². The van der Waals surface area contributed by atoms with Crippen molar-refractivity contribution in [3.05, 3.63) is 53.3 Å². The van der Waals surface area contributed by atoms with Gasteiger partial charge in [-0.3, -0.25) is 0 Å². The Morgan fingerprint density at radius 2 is 1.94 bits per heavy atom. The maximum Gasteiger partial charge on any atom is 0.106 e. The first kappa shape index (κ1) is 11.0. The first-order valence-electron chi connectivity index (χ1n) is 5.97. The summed E-state index contributed by atoms with van der Waals surface area (Å²) >= 11 is 0. The summed E-state index contributed by atoms with van der Waals surface area (Å²) in [6.45, 7) is 5.04. The van der Waals surface area contributed by atoms with Gasteiger partial charge in [-0.1, -0.05) is 44.2 Å². The second-order valence-electron chi connectivity index (χ2n) is 3.91. The molecule has 0 aromatic heterocycles. The van der Waals surface area contributed by atoms with E-state index in [0.717, 1.165) is 18.6 Å². The maximum atomic E-state index is 5.69. The molecule has 0 spiro atoms. The molecule has 16 heavy (non-hydrogen) atoms. The molecular formula is C15H18O. The molecule has 0 saturated heterocycles. The van der Waals surface area contributed by atoms with Gasteiger partial charge in [0.2, 0.25) is 0 Å². The third kappa shape index (κ3) is 2.04. The van der Waals surface area contributed by atoms with Crippen molar-refractivity contribution in [3.63, 3.8) is 0 Å². The van der Waals surface area contributed by atoms with Crippen molar-refractivity contribution < 1.29 is 4.74 Å². The molecule has 1 heterocycles. The summed E-state index contributed by atoms with van der Waals surface area (Å²) in [4.78, 5) is 0. The molecule has 1 aromatic rings. The highest BCUT2D eigenvalue weighted by Gasteiger charge is 2.12. The van der Waals surface area contributed by atoms with E-state index in [-0.39, 0.29) is 0 Å². The van der Waals surface area contributed by atoms with Crippen LogP contribution in [0.15, 0.2) is 42.2 Å². The summed E-state index contributed by atoms with van der Waals surface area (Å²) < 4.78 is 5.69. The molecule has 0 saturated carbocycles. The van der Waals surface area contributed by atoms with E-state index in [9.17, 15) is 0 Å². The van der Waals surface area contributed by atoms with E-state index in [1.165, 1.54) is 16.7 Å². The van der Waals surface area contributed by atoms with E-state index in [2.05, 4.69) is 50.3 Å². The Balaban J connectivity index is 2.50. The zero-order valence-electron chi connectivity index (χ0n) is 9.99. The molecule has 1 heteroatoms. The van der Waals surface area contributed by atoms with Gasteiger partial charge in [-0.25, -0.2) is 0 Å². The van der Waals surface area contributed by atoms with Crippen LogP contribution in [0.4, 0.5) is 0 Å². The largest absolute Gasteiger partial charge is 0.493 e. The lowest BCUT2D eigenvalue weighted by atomic mass is 9.95. The Morgan fingerprint density at radius 1 is 1.12 bits per heavy atom. The van der Waals surface area contributed by atoms with E-state index < -0.39 is 0 Å². The van der Waals surface area contributed by atoms with E-state index in [1.807, 2.05) is 0 Å². The van der Waals surface area contributed by atoms with Gasteiger partial charge in [0, 0.05) is 12.0 Å². The van der Waals surface area contributed by atoms with Crippen LogP contribution in [0.5, 0.6) is 0 Å². The number of aryl methyl sites for hydroxylation is 1. The van der Waals surface area contributed by atoms with Gasteiger partial charge >= 0.3 is 0 Å². The molecule has 0 fully saturated rings. The average Bonchev–Trinajstić information content (AvgIpc) is 2.38. The van der Waals surface area contributed by atoms with Crippen LogP contribution in [-0.4, -0.2) is 6.61 Å². The molecule has 1 aliphatic heterocycles. The lowest BCUT2D eigenvalue weighted by Gasteiger charge is -2.18. The van der Waals surface area contributed by atoms with Crippen LogP contribution in [0.3, 0.4) is 0 Å². The zero-order chi connectivity index (χ0) is 11.4. The number of benzene rings is 1. The van der Waals surface area contributed by atoms with Gasteiger partial charge in [-0.05, 0) is 23.6 Å². The van der Waals surface area contributed by atoms with Crippen LogP contribution in [0, 0.1) is 0 Å². The number of hydrogen-bond donors (Lipinski definition) is 0. The molecule has 0 atom stereocenters. The minimum absolute atomic E-state index is 0.709. The van der Waals surface area contributed by atoms with Gasteiger partial charge in [-0.15, -0.1) is 0 Å². The Morgan fingerprint density at radius 3 is 2.69 bits per heavy atom. The monoisotopic (exact) mass is 214 g/mol. The quantitative estimate of drug-likeness (QED) is 0.740. The van der Waals surface area contributed by atoms with Crippen LogP contribution in [-0.2, 0) is 11.2 Å². The predicted molar refractivity (Wildman–Crippen MR) is 68.1 cm³/mol. The molecule has 0 radical (unpaired) electrons. The van der Waals surface area contributed by atoms with Gasteiger partial charge in [0.15, 0.2) is 0 Å². The van der Waals surface area contributed by atoms with E-state index in [1.54, 1.807) is 0 Å². The van der Waals surface area contributed by atoms with Crippen molar-refractivity contribution >= 4 is 5.57 Å². The summed E-state index contributed by atoms with van der Waals surface area (Å²) in [5, 5.41) is 0. The highest BCUT2D eigenvalue weighted by atomic mass is 16.5. The Kier molecular flexibility index (Phi) is 3.45. The predicted octanol–water partition coefficient (Wildman–Crippen LogP) is 3.96. The van der Waals surface area contributed by atoms with Crippen LogP contribution in [0.1, 0.15) is 31.4 Å². The highest BCUT2D eigenvalue weighted by molar-refractivity contribution is 5.78. The third-order valence-electron chi connectivity index (χ3n) is 2.95. The third-order valence-corrected chi connectivity index (χ3v) is 2.95. The van der Waals surface area contributed by atoms with Crippen LogP contribution >= 0.6 is 0 Å². The van der Waals surface area contributed by atoms with E-state index >= 15 is 0 Å². The van der Waals surface area contributed by atoms with E-state index in [4.69, 9.17) is 4.74 Å². The molecular weight excluding hydrogens is 196 g/mol. The Bertz CT molecular complexity index is 427. The lowest BCUT2D eigenvalue weighted by molar-refractivity contribution is 0.237. The fourth-order valence-electron chi connectivity index (χ4n) is 2.11. The molecule has 2 rings (SSSR count). The van der Waals surface area contributed by atoms with Gasteiger partial charge in [0.1, 0.15) is 12.4 Å². The molecule has 1 aromatic carbocycles. The highest BCUT2D eigenvalue weighted by Crippen LogP contribution is 2.28. The summed E-state index contributed by atoms with van der Waals surface area (Å²) in [5.41, 5.74) is 3.96. The minimum Gasteiger partial charge on any atom is -0.493 e. The number of rotatable bonds is 3. The second kappa shape index (κ2) is 5.02. The van der Waals surface area contributed by atoms with E-state index in [0.29, 0.717) is 6.61 Å². The summed E-state index contributed by atoms with van der Waals surface area (Å²) in [6.07, 6.45) is 6.29. The molecule has 1 aliphatic rings. The summed E-state index contributed by atoms with van der Waals surface area (Å²) in [7, 11) is 0. The second-order valence-corrected chi connectivity index (χ2v) is 3.91. The van der Waals surface area contributed by atoms with Crippen LogP contribution in [0.25, 0.3) is 5.57 Å². The molecule has 0 amide bonds. The van der Waals surface area contributed by atoms with Crippen molar-refractivity contribution in [2.75, 3.05) is 6.61 Å².